The summed E-state index contributed by atoms with van der Waals surface area (Å²) in [6.45, 7) is 0. The van der Waals surface area contributed by atoms with Gasteiger partial charge in [-0.1, -0.05) is 11.6 Å². The zero-order valence-corrected chi connectivity index (χ0v) is 14.8. The topological polar surface area (TPSA) is 83.5 Å². The lowest BCUT2D eigenvalue weighted by Crippen LogP contribution is -2.38. The van der Waals surface area contributed by atoms with E-state index in [1.54, 1.807) is 11.8 Å². The maximum atomic E-state index is 12.4. The molecule has 0 spiro atoms. The number of hydrogen-bond acceptors (Lipinski definition) is 4. The zero-order valence-electron chi connectivity index (χ0n) is 10.8. The van der Waals surface area contributed by atoms with E-state index >= 15 is 0 Å². The van der Waals surface area contributed by atoms with Crippen LogP contribution in [-0.4, -0.2) is 37.0 Å². The van der Waals surface area contributed by atoms with Gasteiger partial charge in [0, 0.05) is 16.3 Å². The molecular formula is C12H13BrClNO4S2. The van der Waals surface area contributed by atoms with E-state index in [9.17, 15) is 13.2 Å². The van der Waals surface area contributed by atoms with Crippen LogP contribution in [0, 0.1) is 0 Å². The largest absolute Gasteiger partial charge is 0.478 e. The van der Waals surface area contributed by atoms with Gasteiger partial charge in [-0.2, -0.15) is 11.8 Å². The third kappa shape index (κ3) is 4.13. The normalized spacial score (nSPS) is 19.4. The van der Waals surface area contributed by atoms with Gasteiger partial charge >= 0.3 is 5.97 Å². The van der Waals surface area contributed by atoms with Gasteiger partial charge < -0.3 is 5.11 Å². The van der Waals surface area contributed by atoms with Crippen molar-refractivity contribution in [1.29, 1.82) is 0 Å². The summed E-state index contributed by atoms with van der Waals surface area (Å²) in [5, 5.41) is 9.06. The number of benzene rings is 1. The maximum Gasteiger partial charge on any atom is 0.337 e. The quantitative estimate of drug-likeness (QED) is 0.791. The summed E-state index contributed by atoms with van der Waals surface area (Å²) in [4.78, 5) is 11.0. The van der Waals surface area contributed by atoms with Crippen molar-refractivity contribution >= 4 is 55.3 Å². The van der Waals surface area contributed by atoms with Gasteiger partial charge in [-0.25, -0.2) is 17.9 Å². The van der Waals surface area contributed by atoms with Crippen LogP contribution in [0.3, 0.4) is 0 Å². The maximum absolute atomic E-state index is 12.4. The van der Waals surface area contributed by atoms with Crippen LogP contribution >= 0.6 is 39.3 Å². The van der Waals surface area contributed by atoms with Crippen molar-refractivity contribution in [3.63, 3.8) is 0 Å². The summed E-state index contributed by atoms with van der Waals surface area (Å²) in [6, 6.07) is 2.26. The number of nitrogens with one attached hydrogen (secondary N) is 1. The number of hydrogen-bond donors (Lipinski definition) is 2. The van der Waals surface area contributed by atoms with E-state index in [0.29, 0.717) is 0 Å². The fourth-order valence-corrected chi connectivity index (χ4v) is 5.30. The molecule has 0 amide bonds. The average molecular weight is 415 g/mol. The Morgan fingerprint density at radius 2 is 2.19 bits per heavy atom. The van der Waals surface area contributed by atoms with Gasteiger partial charge in [0.15, 0.2) is 0 Å². The van der Waals surface area contributed by atoms with E-state index in [1.165, 1.54) is 6.07 Å². The van der Waals surface area contributed by atoms with Crippen LogP contribution in [0.2, 0.25) is 5.02 Å². The minimum atomic E-state index is -3.77. The highest BCUT2D eigenvalue weighted by atomic mass is 79.9. The number of aromatic carboxylic acids is 1. The Balaban J connectivity index is 2.33. The third-order valence-electron chi connectivity index (χ3n) is 3.02. The Morgan fingerprint density at radius 3 is 2.76 bits per heavy atom. The van der Waals surface area contributed by atoms with Crippen LogP contribution in [0.25, 0.3) is 0 Å². The number of carbonyl (C=O) groups is 1. The highest BCUT2D eigenvalue weighted by Crippen LogP contribution is 2.30. The molecule has 1 heterocycles. The molecule has 0 radical (unpaired) electrons. The fourth-order valence-electron chi connectivity index (χ4n) is 2.00. The molecule has 1 aromatic carbocycles. The average Bonchev–Trinajstić information content (AvgIpc) is 2.41. The SMILES string of the molecule is O=C(O)c1cc(S(=O)(=O)NC2CCCSC2)cc(Br)c1Cl. The monoisotopic (exact) mass is 413 g/mol. The van der Waals surface area contributed by atoms with E-state index in [0.717, 1.165) is 30.4 Å². The van der Waals surface area contributed by atoms with Gasteiger partial charge in [-0.15, -0.1) is 0 Å². The van der Waals surface area contributed by atoms with E-state index in [-0.39, 0.29) is 26.0 Å². The van der Waals surface area contributed by atoms with Gasteiger partial charge in [-0.05, 0) is 46.7 Å². The molecule has 0 bridgehead atoms. The number of thioether (sulfide) groups is 1. The standard InChI is InChI=1S/C12H13BrClNO4S2/c13-10-5-8(4-9(11(10)14)12(16)17)21(18,19)15-7-2-1-3-20-6-7/h4-5,7,15H,1-3,6H2,(H,16,17). The molecule has 1 fully saturated rings. The van der Waals surface area contributed by atoms with Crippen LogP contribution in [0.1, 0.15) is 23.2 Å². The van der Waals surface area contributed by atoms with E-state index in [4.69, 9.17) is 16.7 Å². The smallest absolute Gasteiger partial charge is 0.337 e. The molecular weight excluding hydrogens is 402 g/mol. The first-order chi connectivity index (χ1) is 9.81. The summed E-state index contributed by atoms with van der Waals surface area (Å²) in [7, 11) is -3.77. The van der Waals surface area contributed by atoms with Gasteiger partial charge in [0.05, 0.1) is 15.5 Å². The lowest BCUT2D eigenvalue weighted by atomic mass is 10.2. The van der Waals surface area contributed by atoms with Crippen molar-refractivity contribution in [2.24, 2.45) is 0 Å². The molecule has 2 rings (SSSR count). The Hall–Kier alpha value is -0.280. The zero-order chi connectivity index (χ0) is 15.6. The Labute approximate surface area is 140 Å². The number of rotatable bonds is 4. The van der Waals surface area contributed by atoms with Crippen molar-refractivity contribution in [3.8, 4) is 0 Å². The van der Waals surface area contributed by atoms with Gasteiger partial charge in [0.1, 0.15) is 0 Å². The number of sulfonamides is 1. The molecule has 1 unspecified atom stereocenters. The lowest BCUT2D eigenvalue weighted by Gasteiger charge is -2.22. The lowest BCUT2D eigenvalue weighted by molar-refractivity contribution is 0.0696. The molecule has 0 saturated carbocycles. The predicted octanol–water partition coefficient (Wildman–Crippen LogP) is 2.97. The first kappa shape index (κ1) is 17.1. The predicted molar refractivity (Wildman–Crippen MR) is 86.8 cm³/mol. The molecule has 9 heteroatoms. The van der Waals surface area contributed by atoms with Crippen LogP contribution in [0.4, 0.5) is 0 Å². The number of halogens is 2. The first-order valence-corrected chi connectivity index (χ1v) is 9.94. The van der Waals surface area contributed by atoms with Crippen molar-refractivity contribution in [2.45, 2.75) is 23.8 Å². The summed E-state index contributed by atoms with van der Waals surface area (Å²) in [5.41, 5.74) is -0.246. The van der Waals surface area contributed by atoms with E-state index < -0.39 is 16.0 Å². The Bertz CT molecular complexity index is 659. The van der Waals surface area contributed by atoms with Crippen LogP contribution in [-0.2, 0) is 10.0 Å². The first-order valence-electron chi connectivity index (χ1n) is 6.13. The van der Waals surface area contributed by atoms with Gasteiger partial charge in [0.25, 0.3) is 0 Å². The minimum Gasteiger partial charge on any atom is -0.478 e. The van der Waals surface area contributed by atoms with E-state index in [1.807, 2.05) is 0 Å². The molecule has 0 aliphatic carbocycles. The van der Waals surface area contributed by atoms with Crippen LogP contribution in [0.5, 0.6) is 0 Å². The molecule has 1 aliphatic heterocycles. The molecule has 5 nitrogen and oxygen atoms in total. The number of carboxylic acids is 1. The fraction of sp³-hybridized carbons (Fsp3) is 0.417. The second kappa shape index (κ2) is 6.87. The molecule has 21 heavy (non-hydrogen) atoms. The molecule has 1 aromatic rings. The molecule has 1 aliphatic rings. The second-order valence-corrected chi connectivity index (χ2v) is 8.70. The highest BCUT2D eigenvalue weighted by Gasteiger charge is 2.25. The molecule has 0 aromatic heterocycles. The van der Waals surface area contributed by atoms with Crippen LogP contribution < -0.4 is 4.72 Å². The Kier molecular flexibility index (Phi) is 5.59. The molecule has 116 valence electrons. The highest BCUT2D eigenvalue weighted by molar-refractivity contribution is 9.10. The minimum absolute atomic E-state index is 0.0188. The summed E-state index contributed by atoms with van der Waals surface area (Å²) in [5.74, 6) is 0.485. The van der Waals surface area contributed by atoms with Crippen molar-refractivity contribution in [1.82, 2.24) is 4.72 Å². The van der Waals surface area contributed by atoms with Crippen molar-refractivity contribution in [2.75, 3.05) is 11.5 Å². The molecule has 1 atom stereocenters. The van der Waals surface area contributed by atoms with Gasteiger partial charge in [0.2, 0.25) is 10.0 Å². The Morgan fingerprint density at radius 1 is 1.48 bits per heavy atom. The van der Waals surface area contributed by atoms with Crippen molar-refractivity contribution in [3.05, 3.63) is 27.2 Å². The summed E-state index contributed by atoms with van der Waals surface area (Å²) in [6.07, 6.45) is 1.75. The van der Waals surface area contributed by atoms with Crippen LogP contribution in [0.15, 0.2) is 21.5 Å². The number of carboxylic acid groups (broad SMARTS) is 1. The van der Waals surface area contributed by atoms with Gasteiger partial charge in [-0.3, -0.25) is 0 Å². The summed E-state index contributed by atoms with van der Waals surface area (Å²) < 4.78 is 27.6. The second-order valence-electron chi connectivity index (χ2n) is 4.61. The third-order valence-corrected chi connectivity index (χ3v) is 7.00. The molecule has 1 saturated heterocycles. The summed E-state index contributed by atoms with van der Waals surface area (Å²) >= 11 is 10.6. The van der Waals surface area contributed by atoms with Crippen molar-refractivity contribution < 1.29 is 18.3 Å². The molecule has 2 N–H and O–H groups in total. The van der Waals surface area contributed by atoms with E-state index in [2.05, 4.69) is 20.7 Å².